The number of benzene rings is 1. The second-order valence-electron chi connectivity index (χ2n) is 9.02. The molecule has 0 radical (unpaired) electrons. The van der Waals surface area contributed by atoms with Crippen LogP contribution in [0.4, 0.5) is 4.79 Å². The molecule has 2 aliphatic heterocycles. The maximum absolute atomic E-state index is 13.5. The van der Waals surface area contributed by atoms with Crippen molar-refractivity contribution in [3.8, 4) is 0 Å². The highest BCUT2D eigenvalue weighted by Crippen LogP contribution is 2.37. The van der Waals surface area contributed by atoms with Gasteiger partial charge in [0.05, 0.1) is 18.5 Å². The lowest BCUT2D eigenvalue weighted by atomic mass is 9.87. The summed E-state index contributed by atoms with van der Waals surface area (Å²) in [6, 6.07) is 6.00. The minimum atomic E-state index is -0.851. The normalized spacial score (nSPS) is 27.0. The van der Waals surface area contributed by atoms with Crippen molar-refractivity contribution in [3.63, 3.8) is 0 Å². The molecule has 34 heavy (non-hydrogen) atoms. The van der Waals surface area contributed by atoms with Crippen molar-refractivity contribution in [2.24, 2.45) is 0 Å². The lowest BCUT2D eigenvalue weighted by Gasteiger charge is -2.32. The van der Waals surface area contributed by atoms with E-state index in [9.17, 15) is 19.2 Å². The number of nitrogens with zero attached hydrogens (tertiary/aromatic N) is 1. The van der Waals surface area contributed by atoms with Crippen LogP contribution in [0.2, 0.25) is 0 Å². The summed E-state index contributed by atoms with van der Waals surface area (Å²) in [6.45, 7) is 1.53. The highest BCUT2D eigenvalue weighted by atomic mass is 32.2. The fraction of sp³-hybridized carbons (Fsp3) is 0.583. The predicted molar refractivity (Wildman–Crippen MR) is 128 cm³/mol. The van der Waals surface area contributed by atoms with E-state index in [1.807, 2.05) is 12.1 Å². The first-order valence-corrected chi connectivity index (χ1v) is 12.9. The van der Waals surface area contributed by atoms with Gasteiger partial charge in [-0.2, -0.15) is 0 Å². The Morgan fingerprint density at radius 2 is 1.88 bits per heavy atom. The van der Waals surface area contributed by atoms with E-state index < -0.39 is 30.1 Å². The fourth-order valence-electron chi connectivity index (χ4n) is 5.02. The quantitative estimate of drug-likeness (QED) is 0.583. The molecule has 2 heterocycles. The van der Waals surface area contributed by atoms with Crippen molar-refractivity contribution in [1.29, 1.82) is 0 Å². The molecule has 3 N–H and O–H groups in total. The molecule has 10 heteroatoms. The zero-order valence-corrected chi connectivity index (χ0v) is 20.4. The summed E-state index contributed by atoms with van der Waals surface area (Å²) in [5, 5.41) is 8.30. The highest BCUT2D eigenvalue weighted by Gasteiger charge is 2.45. The number of carbonyl (C=O) groups is 4. The lowest BCUT2D eigenvalue weighted by molar-refractivity contribution is -0.142. The summed E-state index contributed by atoms with van der Waals surface area (Å²) in [4.78, 5) is 52.5. The van der Waals surface area contributed by atoms with Crippen molar-refractivity contribution in [2.75, 3.05) is 12.9 Å². The Labute approximate surface area is 203 Å². The summed E-state index contributed by atoms with van der Waals surface area (Å²) >= 11 is 1.65. The SMILES string of the molecule is COC(=O)NC(C)C(=O)N[C@H]1CCS[C@H]2CCC(C(=O)N[C@@H]3CCCc4ccccc43)N2C1=O. The van der Waals surface area contributed by atoms with Crippen LogP contribution in [0.3, 0.4) is 0 Å². The van der Waals surface area contributed by atoms with Crippen LogP contribution in [-0.2, 0) is 25.5 Å². The van der Waals surface area contributed by atoms with Crippen LogP contribution in [0.1, 0.15) is 56.2 Å². The Hall–Kier alpha value is -2.75. The van der Waals surface area contributed by atoms with Gasteiger partial charge in [0.2, 0.25) is 17.7 Å². The minimum Gasteiger partial charge on any atom is -0.453 e. The Kier molecular flexibility index (Phi) is 7.65. The van der Waals surface area contributed by atoms with Crippen LogP contribution < -0.4 is 16.0 Å². The molecule has 1 aromatic carbocycles. The van der Waals surface area contributed by atoms with E-state index in [2.05, 4.69) is 32.8 Å². The van der Waals surface area contributed by atoms with Gasteiger partial charge in [-0.05, 0) is 62.3 Å². The summed E-state index contributed by atoms with van der Waals surface area (Å²) < 4.78 is 4.53. The van der Waals surface area contributed by atoms with E-state index in [1.165, 1.54) is 19.6 Å². The molecule has 0 aromatic heterocycles. The average molecular weight is 489 g/mol. The number of ether oxygens (including phenoxy) is 1. The number of thioether (sulfide) groups is 1. The highest BCUT2D eigenvalue weighted by molar-refractivity contribution is 7.99. The third-order valence-electron chi connectivity index (χ3n) is 6.82. The van der Waals surface area contributed by atoms with Crippen molar-refractivity contribution < 1.29 is 23.9 Å². The van der Waals surface area contributed by atoms with Crippen LogP contribution in [-0.4, -0.2) is 65.1 Å². The zero-order valence-electron chi connectivity index (χ0n) is 19.5. The van der Waals surface area contributed by atoms with Crippen molar-refractivity contribution in [1.82, 2.24) is 20.9 Å². The van der Waals surface area contributed by atoms with E-state index in [0.29, 0.717) is 18.6 Å². The molecule has 0 saturated carbocycles. The van der Waals surface area contributed by atoms with Gasteiger partial charge < -0.3 is 25.6 Å². The molecule has 184 valence electrons. The molecular formula is C24H32N4O5S. The number of nitrogens with one attached hydrogen (secondary N) is 3. The predicted octanol–water partition coefficient (Wildman–Crippen LogP) is 1.86. The monoisotopic (exact) mass is 488 g/mol. The van der Waals surface area contributed by atoms with Gasteiger partial charge in [-0.1, -0.05) is 24.3 Å². The zero-order chi connectivity index (χ0) is 24.2. The Balaban J connectivity index is 1.44. The van der Waals surface area contributed by atoms with Gasteiger partial charge in [0.15, 0.2) is 0 Å². The first kappa shape index (κ1) is 24.4. The second-order valence-corrected chi connectivity index (χ2v) is 10.3. The van der Waals surface area contributed by atoms with Crippen molar-refractivity contribution in [2.45, 2.75) is 75.0 Å². The molecule has 0 spiro atoms. The molecule has 5 atom stereocenters. The summed E-state index contributed by atoms with van der Waals surface area (Å²) in [7, 11) is 1.22. The van der Waals surface area contributed by atoms with Crippen LogP contribution in [0.15, 0.2) is 24.3 Å². The van der Waals surface area contributed by atoms with Gasteiger partial charge in [0, 0.05) is 0 Å². The first-order chi connectivity index (χ1) is 16.4. The van der Waals surface area contributed by atoms with Crippen LogP contribution >= 0.6 is 11.8 Å². The van der Waals surface area contributed by atoms with Crippen LogP contribution in [0.25, 0.3) is 0 Å². The van der Waals surface area contributed by atoms with Crippen molar-refractivity contribution >= 4 is 35.6 Å². The van der Waals surface area contributed by atoms with Crippen LogP contribution in [0, 0.1) is 0 Å². The van der Waals surface area contributed by atoms with Gasteiger partial charge >= 0.3 is 6.09 Å². The lowest BCUT2D eigenvalue weighted by Crippen LogP contribution is -2.56. The fourth-order valence-corrected chi connectivity index (χ4v) is 6.38. The number of amides is 4. The summed E-state index contributed by atoms with van der Waals surface area (Å²) in [5.74, 6) is -0.145. The van der Waals surface area contributed by atoms with Gasteiger partial charge in [-0.25, -0.2) is 4.79 Å². The smallest absolute Gasteiger partial charge is 0.407 e. The molecule has 2 saturated heterocycles. The van der Waals surface area contributed by atoms with Gasteiger partial charge in [-0.3, -0.25) is 14.4 Å². The first-order valence-electron chi connectivity index (χ1n) is 11.9. The Morgan fingerprint density at radius 1 is 1.09 bits per heavy atom. The van der Waals surface area contributed by atoms with E-state index in [0.717, 1.165) is 31.2 Å². The van der Waals surface area contributed by atoms with Gasteiger partial charge in [-0.15, -0.1) is 11.8 Å². The Bertz CT molecular complexity index is 957. The number of carbonyl (C=O) groups excluding carboxylic acids is 4. The number of alkyl carbamates (subject to hydrolysis) is 1. The molecule has 1 aromatic rings. The topological polar surface area (TPSA) is 117 Å². The summed E-state index contributed by atoms with van der Waals surface area (Å²) in [5.41, 5.74) is 2.42. The number of hydrogen-bond acceptors (Lipinski definition) is 6. The molecule has 1 aliphatic carbocycles. The largest absolute Gasteiger partial charge is 0.453 e. The molecule has 3 aliphatic rings. The number of hydrogen-bond donors (Lipinski definition) is 3. The minimum absolute atomic E-state index is 0.0491. The average Bonchev–Trinajstić information content (AvgIpc) is 3.20. The number of fused-ring (bicyclic) bond motifs is 2. The van der Waals surface area contributed by atoms with E-state index in [-0.39, 0.29) is 23.2 Å². The number of rotatable bonds is 5. The molecule has 4 rings (SSSR count). The van der Waals surface area contributed by atoms with E-state index in [1.54, 1.807) is 16.7 Å². The second kappa shape index (κ2) is 10.7. The van der Waals surface area contributed by atoms with Gasteiger partial charge in [0.25, 0.3) is 0 Å². The molecule has 9 nitrogen and oxygen atoms in total. The van der Waals surface area contributed by atoms with Crippen molar-refractivity contribution in [3.05, 3.63) is 35.4 Å². The summed E-state index contributed by atoms with van der Waals surface area (Å²) in [6.07, 6.45) is 4.01. The standard InChI is InChI=1S/C24H32N4O5S/c1-14(25-24(32)33-2)21(29)27-18-12-13-34-20-11-10-19(28(20)23(18)31)22(30)26-17-9-5-7-15-6-3-4-8-16(15)17/h3-4,6,8,14,17-20H,5,7,9-13H2,1-2H3,(H,25,32)(H,26,30)(H,27,29)/t14?,17-,18+,19?,20+/m1/s1. The maximum atomic E-state index is 13.5. The third-order valence-corrected chi connectivity index (χ3v) is 8.14. The number of aryl methyl sites for hydroxylation is 1. The Morgan fingerprint density at radius 3 is 2.68 bits per heavy atom. The van der Waals surface area contributed by atoms with E-state index in [4.69, 9.17) is 0 Å². The molecular weight excluding hydrogens is 456 g/mol. The van der Waals surface area contributed by atoms with E-state index >= 15 is 0 Å². The molecule has 0 bridgehead atoms. The van der Waals surface area contributed by atoms with Gasteiger partial charge in [0.1, 0.15) is 18.1 Å². The number of methoxy groups -OCH3 is 1. The third kappa shape index (κ3) is 5.16. The maximum Gasteiger partial charge on any atom is 0.407 e. The van der Waals surface area contributed by atoms with Crippen LogP contribution in [0.5, 0.6) is 0 Å². The molecule has 2 unspecified atom stereocenters. The molecule has 2 fully saturated rings. The molecule has 4 amide bonds.